The summed E-state index contributed by atoms with van der Waals surface area (Å²) in [7, 11) is 5.64. The number of aromatic nitrogens is 1. The monoisotopic (exact) mass is 396 g/mol. The fraction of sp³-hybridized carbons (Fsp3) is 0.318. The summed E-state index contributed by atoms with van der Waals surface area (Å²) in [5, 5.41) is 1.10. The fourth-order valence-electron chi connectivity index (χ4n) is 3.41. The molecule has 4 rings (SSSR count). The Morgan fingerprint density at radius 1 is 0.857 bits per heavy atom. The lowest BCUT2D eigenvalue weighted by atomic mass is 10.1. The van der Waals surface area contributed by atoms with E-state index in [1.807, 2.05) is 24.3 Å². The van der Waals surface area contributed by atoms with Crippen molar-refractivity contribution in [3.8, 4) is 33.2 Å². The third-order valence-corrected chi connectivity index (χ3v) is 6.38. The molecule has 0 spiro atoms. The molecule has 0 radical (unpaired) electrons. The predicted octanol–water partition coefficient (Wildman–Crippen LogP) is 2.83. The van der Waals surface area contributed by atoms with Crippen molar-refractivity contribution < 1.29 is 14.4 Å². The quantitative estimate of drug-likeness (QED) is 0.720. The highest BCUT2D eigenvalue weighted by Crippen LogP contribution is 2.41. The molecule has 2 aromatic carbocycles. The van der Waals surface area contributed by atoms with E-state index in [9.17, 15) is 0 Å². The number of thiazole rings is 1. The molecule has 0 atom stereocenters. The lowest BCUT2D eigenvalue weighted by molar-refractivity contribution is -0.880. The molecule has 5 nitrogen and oxygen atoms in total. The molecule has 6 heteroatoms. The average molecular weight is 397 g/mol. The number of rotatable bonds is 5. The maximum atomic E-state index is 5.32. The summed E-state index contributed by atoms with van der Waals surface area (Å²) in [6.45, 7) is 4.39. The van der Waals surface area contributed by atoms with Gasteiger partial charge in [0.15, 0.2) is 5.13 Å². The van der Waals surface area contributed by atoms with Gasteiger partial charge >= 0.3 is 0 Å². The van der Waals surface area contributed by atoms with Crippen LogP contribution in [-0.4, -0.2) is 52.4 Å². The highest BCUT2D eigenvalue weighted by atomic mass is 32.1. The molecule has 1 saturated heterocycles. The van der Waals surface area contributed by atoms with Gasteiger partial charge in [0.05, 0.1) is 58.0 Å². The van der Waals surface area contributed by atoms with Crippen LogP contribution >= 0.6 is 11.3 Å². The van der Waals surface area contributed by atoms with Gasteiger partial charge in [-0.1, -0.05) is 11.3 Å². The molecule has 2 heterocycles. The molecule has 28 heavy (non-hydrogen) atoms. The number of benzene rings is 2. The molecule has 0 aliphatic carbocycles. The minimum absolute atomic E-state index is 0.854. The number of nitrogens with zero attached hydrogens (tertiary/aromatic N) is 2. The normalized spacial score (nSPS) is 14.9. The zero-order chi connectivity index (χ0) is 19.5. The first-order valence-corrected chi connectivity index (χ1v) is 10.4. The van der Waals surface area contributed by atoms with Gasteiger partial charge in [-0.05, 0) is 54.1 Å². The van der Waals surface area contributed by atoms with Crippen molar-refractivity contribution >= 4 is 16.5 Å². The van der Waals surface area contributed by atoms with E-state index in [2.05, 4.69) is 36.2 Å². The third-order valence-electron chi connectivity index (χ3n) is 5.22. The van der Waals surface area contributed by atoms with Gasteiger partial charge in [0.25, 0.3) is 0 Å². The molecule has 1 aliphatic heterocycles. The van der Waals surface area contributed by atoms with E-state index < -0.39 is 0 Å². The Bertz CT molecular complexity index is 849. The van der Waals surface area contributed by atoms with E-state index in [4.69, 9.17) is 14.5 Å². The number of hydrogen-bond donors (Lipinski definition) is 1. The molecular formula is C22H26N3O2S+. The van der Waals surface area contributed by atoms with Crippen LogP contribution in [0.2, 0.25) is 0 Å². The van der Waals surface area contributed by atoms with Gasteiger partial charge in [0.2, 0.25) is 0 Å². The summed E-state index contributed by atoms with van der Waals surface area (Å²) in [6.07, 6.45) is 0. The molecule has 3 aromatic rings. The van der Waals surface area contributed by atoms with Crippen LogP contribution in [0.4, 0.5) is 5.13 Å². The number of hydrogen-bond acceptors (Lipinski definition) is 5. The van der Waals surface area contributed by atoms with E-state index in [1.165, 1.54) is 4.88 Å². The van der Waals surface area contributed by atoms with Crippen LogP contribution in [0.3, 0.4) is 0 Å². The second kappa shape index (κ2) is 8.20. The molecule has 1 aliphatic rings. The molecule has 1 N–H and O–H groups in total. The van der Waals surface area contributed by atoms with Gasteiger partial charge in [-0.15, -0.1) is 0 Å². The van der Waals surface area contributed by atoms with Crippen molar-refractivity contribution in [1.29, 1.82) is 0 Å². The maximum Gasteiger partial charge on any atom is 0.186 e. The summed E-state index contributed by atoms with van der Waals surface area (Å²) in [4.78, 5) is 10.3. The number of piperazine rings is 1. The number of quaternary nitrogens is 1. The fourth-order valence-corrected chi connectivity index (χ4v) is 4.55. The molecule has 146 valence electrons. The minimum Gasteiger partial charge on any atom is -0.497 e. The third kappa shape index (κ3) is 3.84. The summed E-state index contributed by atoms with van der Waals surface area (Å²) in [6, 6.07) is 16.4. The number of likely N-dealkylation sites (N-methyl/N-ethyl adjacent to an activating group) is 1. The van der Waals surface area contributed by atoms with Gasteiger partial charge in [0, 0.05) is 5.56 Å². The van der Waals surface area contributed by atoms with Gasteiger partial charge in [-0.2, -0.15) is 0 Å². The van der Waals surface area contributed by atoms with E-state index in [0.717, 1.165) is 59.6 Å². The molecule has 1 fully saturated rings. The summed E-state index contributed by atoms with van der Waals surface area (Å²) in [5.41, 5.74) is 3.29. The van der Waals surface area contributed by atoms with Gasteiger partial charge < -0.3 is 19.3 Å². The van der Waals surface area contributed by atoms with E-state index in [1.54, 1.807) is 30.5 Å². The van der Waals surface area contributed by atoms with Crippen molar-refractivity contribution in [3.05, 3.63) is 48.5 Å². The first-order valence-electron chi connectivity index (χ1n) is 9.54. The van der Waals surface area contributed by atoms with Crippen molar-refractivity contribution in [1.82, 2.24) is 4.98 Å². The first kappa shape index (κ1) is 18.8. The van der Waals surface area contributed by atoms with Crippen molar-refractivity contribution in [3.63, 3.8) is 0 Å². The molecule has 0 amide bonds. The van der Waals surface area contributed by atoms with Crippen LogP contribution in [-0.2, 0) is 0 Å². The topological polar surface area (TPSA) is 39.0 Å². The van der Waals surface area contributed by atoms with E-state index in [-0.39, 0.29) is 0 Å². The molecule has 0 saturated carbocycles. The maximum absolute atomic E-state index is 5.32. The highest BCUT2D eigenvalue weighted by molar-refractivity contribution is 7.19. The predicted molar refractivity (Wildman–Crippen MR) is 115 cm³/mol. The largest absolute Gasteiger partial charge is 0.497 e. The minimum atomic E-state index is 0.854. The van der Waals surface area contributed by atoms with Crippen LogP contribution in [0.5, 0.6) is 11.5 Å². The van der Waals surface area contributed by atoms with Crippen LogP contribution in [0.25, 0.3) is 21.7 Å². The Morgan fingerprint density at radius 3 is 1.93 bits per heavy atom. The van der Waals surface area contributed by atoms with Crippen LogP contribution in [0.1, 0.15) is 0 Å². The number of ether oxygens (including phenoxy) is 2. The summed E-state index contributed by atoms with van der Waals surface area (Å²) in [5.74, 6) is 1.72. The van der Waals surface area contributed by atoms with Crippen molar-refractivity contribution in [2.45, 2.75) is 0 Å². The van der Waals surface area contributed by atoms with Crippen LogP contribution < -0.4 is 19.3 Å². The Balaban J connectivity index is 1.74. The molecule has 0 unspecified atom stereocenters. The van der Waals surface area contributed by atoms with Gasteiger partial charge in [-0.3, -0.25) is 0 Å². The standard InChI is InChI=1S/C22H25N3O2S/c1-24-12-14-25(15-13-24)22-23-20(16-4-8-18(26-2)9-5-16)21(28-22)17-6-10-19(27-3)11-7-17/h4-11H,12-15H2,1-3H3/p+1. The summed E-state index contributed by atoms with van der Waals surface area (Å²) >= 11 is 1.77. The van der Waals surface area contributed by atoms with Crippen LogP contribution in [0, 0.1) is 0 Å². The van der Waals surface area contributed by atoms with Gasteiger partial charge in [-0.25, -0.2) is 4.98 Å². The smallest absolute Gasteiger partial charge is 0.186 e. The van der Waals surface area contributed by atoms with E-state index in [0.29, 0.717) is 0 Å². The average Bonchev–Trinajstić information content (AvgIpc) is 3.20. The number of anilines is 1. The highest BCUT2D eigenvalue weighted by Gasteiger charge is 2.23. The lowest BCUT2D eigenvalue weighted by Crippen LogP contribution is -3.12. The van der Waals surface area contributed by atoms with Crippen LogP contribution in [0.15, 0.2) is 48.5 Å². The Morgan fingerprint density at radius 2 is 1.39 bits per heavy atom. The SMILES string of the molecule is COc1ccc(-c2nc(N3CC[NH+](C)CC3)sc2-c2ccc(OC)cc2)cc1. The second-order valence-corrected chi connectivity index (χ2v) is 8.05. The van der Waals surface area contributed by atoms with Crippen molar-refractivity contribution in [2.75, 3.05) is 52.3 Å². The van der Waals surface area contributed by atoms with E-state index >= 15 is 0 Å². The second-order valence-electron chi connectivity index (χ2n) is 7.08. The zero-order valence-corrected chi connectivity index (χ0v) is 17.4. The molecule has 0 bridgehead atoms. The first-order chi connectivity index (χ1) is 13.7. The van der Waals surface area contributed by atoms with Crippen molar-refractivity contribution in [2.24, 2.45) is 0 Å². The number of nitrogens with one attached hydrogen (secondary N) is 1. The van der Waals surface area contributed by atoms with Gasteiger partial charge in [0.1, 0.15) is 11.5 Å². The Kier molecular flexibility index (Phi) is 5.50. The Hall–Kier alpha value is -2.57. The molecule has 1 aromatic heterocycles. The summed E-state index contributed by atoms with van der Waals surface area (Å²) < 4.78 is 10.6. The Labute approximate surface area is 170 Å². The molecular weight excluding hydrogens is 370 g/mol. The lowest BCUT2D eigenvalue weighted by Gasteiger charge is -2.29. The number of methoxy groups -OCH3 is 2. The zero-order valence-electron chi connectivity index (χ0n) is 16.6.